The number of aromatic amines is 1. The predicted octanol–water partition coefficient (Wildman–Crippen LogP) is 3.98. The van der Waals surface area contributed by atoms with Crippen molar-refractivity contribution in [3.63, 3.8) is 0 Å². The van der Waals surface area contributed by atoms with Crippen LogP contribution in [0.1, 0.15) is 40.7 Å². The Labute approximate surface area is 167 Å². The lowest BCUT2D eigenvalue weighted by Crippen LogP contribution is -2.22. The van der Waals surface area contributed by atoms with Crippen LogP contribution in [0.5, 0.6) is 0 Å². The molecule has 1 aromatic heterocycles. The summed E-state index contributed by atoms with van der Waals surface area (Å²) in [5.41, 5.74) is 3.11. The highest BCUT2D eigenvalue weighted by atomic mass is 19.3. The number of imidazole rings is 1. The van der Waals surface area contributed by atoms with E-state index in [0.29, 0.717) is 49.6 Å². The summed E-state index contributed by atoms with van der Waals surface area (Å²) in [6, 6.07) is 12.4. The first-order chi connectivity index (χ1) is 14.1. The summed E-state index contributed by atoms with van der Waals surface area (Å²) in [7, 11) is 0. The highest BCUT2D eigenvalue weighted by Gasteiger charge is 2.14. The van der Waals surface area contributed by atoms with Crippen molar-refractivity contribution in [3.05, 3.63) is 65.0 Å². The number of H-pyrrole nitrogens is 1. The number of halogens is 2. The monoisotopic (exact) mass is 403 g/mol. The third-order valence-corrected chi connectivity index (χ3v) is 4.26. The fourth-order valence-electron chi connectivity index (χ4n) is 2.84. The van der Waals surface area contributed by atoms with Gasteiger partial charge in [-0.25, -0.2) is 13.8 Å². The van der Waals surface area contributed by atoms with Gasteiger partial charge in [0.05, 0.1) is 30.9 Å². The molecule has 6 nitrogen and oxygen atoms in total. The molecule has 0 fully saturated rings. The van der Waals surface area contributed by atoms with Crippen LogP contribution in [0.25, 0.3) is 11.0 Å². The normalized spacial score (nSPS) is 11.3. The summed E-state index contributed by atoms with van der Waals surface area (Å²) in [6.07, 6.45) is -2.69. The third-order valence-electron chi connectivity index (χ3n) is 4.26. The Morgan fingerprint density at radius 2 is 1.93 bits per heavy atom. The van der Waals surface area contributed by atoms with Crippen LogP contribution in [0.15, 0.2) is 42.5 Å². The van der Waals surface area contributed by atoms with Crippen molar-refractivity contribution < 1.29 is 23.0 Å². The Kier molecular flexibility index (Phi) is 7.26. The number of rotatable bonds is 10. The molecule has 29 heavy (non-hydrogen) atoms. The van der Waals surface area contributed by atoms with E-state index in [0.717, 1.165) is 11.1 Å². The number of hydrogen-bond donors (Lipinski definition) is 2. The van der Waals surface area contributed by atoms with E-state index >= 15 is 0 Å². The minimum Gasteiger partial charge on any atom is -0.379 e. The van der Waals surface area contributed by atoms with Gasteiger partial charge in [0.25, 0.3) is 12.3 Å². The van der Waals surface area contributed by atoms with Gasteiger partial charge in [0, 0.05) is 18.7 Å². The molecule has 0 atom stereocenters. The van der Waals surface area contributed by atoms with Crippen LogP contribution in [-0.2, 0) is 22.6 Å². The SMILES string of the molecule is CCOCCOCc1cccc(CNC(=O)c2ccc3nc(C(F)F)[nH]c3c2)c1. The third kappa shape index (κ3) is 5.82. The smallest absolute Gasteiger partial charge is 0.295 e. The number of carbonyl (C=O) groups is 1. The Morgan fingerprint density at radius 3 is 2.72 bits per heavy atom. The molecule has 0 bridgehead atoms. The number of fused-ring (bicyclic) bond motifs is 1. The number of benzene rings is 2. The number of hydrogen-bond acceptors (Lipinski definition) is 4. The van der Waals surface area contributed by atoms with Gasteiger partial charge in [-0.2, -0.15) is 0 Å². The summed E-state index contributed by atoms with van der Waals surface area (Å²) < 4.78 is 36.3. The largest absolute Gasteiger partial charge is 0.379 e. The molecule has 8 heteroatoms. The zero-order chi connectivity index (χ0) is 20.6. The van der Waals surface area contributed by atoms with Crippen molar-refractivity contribution >= 4 is 16.9 Å². The van der Waals surface area contributed by atoms with Gasteiger partial charge >= 0.3 is 0 Å². The van der Waals surface area contributed by atoms with Gasteiger partial charge in [0.1, 0.15) is 0 Å². The molecule has 2 aromatic carbocycles. The molecule has 154 valence electrons. The molecule has 0 saturated carbocycles. The van der Waals surface area contributed by atoms with Gasteiger partial charge in [0.15, 0.2) is 5.82 Å². The summed E-state index contributed by atoms with van der Waals surface area (Å²) in [6.45, 7) is 4.50. The lowest BCUT2D eigenvalue weighted by atomic mass is 10.1. The molecule has 2 N–H and O–H groups in total. The van der Waals surface area contributed by atoms with Gasteiger partial charge in [-0.1, -0.05) is 24.3 Å². The van der Waals surface area contributed by atoms with Crippen LogP contribution in [0.2, 0.25) is 0 Å². The molecule has 0 spiro atoms. The molecule has 0 aliphatic carbocycles. The molecule has 0 radical (unpaired) electrons. The van der Waals surface area contributed by atoms with Crippen molar-refractivity contribution in [2.45, 2.75) is 26.5 Å². The van der Waals surface area contributed by atoms with Crippen LogP contribution >= 0.6 is 0 Å². The number of amides is 1. The summed E-state index contributed by atoms with van der Waals surface area (Å²) >= 11 is 0. The van der Waals surface area contributed by atoms with Crippen molar-refractivity contribution in [3.8, 4) is 0 Å². The first-order valence-electron chi connectivity index (χ1n) is 9.36. The Hall–Kier alpha value is -2.84. The van der Waals surface area contributed by atoms with Crippen LogP contribution in [0, 0.1) is 0 Å². The Morgan fingerprint density at radius 1 is 1.14 bits per heavy atom. The average molecular weight is 403 g/mol. The minimum atomic E-state index is -2.69. The lowest BCUT2D eigenvalue weighted by molar-refractivity contribution is 0.0453. The standard InChI is InChI=1S/C21H23F2N3O3/c1-2-28-8-9-29-13-15-5-3-4-14(10-15)12-24-21(27)16-6-7-17-18(11-16)26-20(25-17)19(22)23/h3-7,10-11,19H,2,8-9,12-13H2,1H3,(H,24,27)(H,25,26). The maximum atomic E-state index is 12.7. The van der Waals surface area contributed by atoms with E-state index in [1.54, 1.807) is 12.1 Å². The van der Waals surface area contributed by atoms with Crippen LogP contribution in [0.3, 0.4) is 0 Å². The average Bonchev–Trinajstić information content (AvgIpc) is 3.16. The van der Waals surface area contributed by atoms with E-state index in [4.69, 9.17) is 9.47 Å². The fourth-order valence-corrected chi connectivity index (χ4v) is 2.84. The van der Waals surface area contributed by atoms with Gasteiger partial charge in [-0.15, -0.1) is 0 Å². The van der Waals surface area contributed by atoms with E-state index in [-0.39, 0.29) is 5.91 Å². The number of alkyl halides is 2. The second kappa shape index (κ2) is 10.1. The zero-order valence-corrected chi connectivity index (χ0v) is 16.1. The molecule has 1 amide bonds. The van der Waals surface area contributed by atoms with Gasteiger partial charge < -0.3 is 19.8 Å². The fraction of sp³-hybridized carbons (Fsp3) is 0.333. The summed E-state index contributed by atoms with van der Waals surface area (Å²) in [5, 5.41) is 2.84. The minimum absolute atomic E-state index is 0.293. The van der Waals surface area contributed by atoms with Gasteiger partial charge in [-0.3, -0.25) is 4.79 Å². The Bertz CT molecular complexity index is 959. The molecular weight excluding hydrogens is 380 g/mol. The van der Waals surface area contributed by atoms with E-state index in [2.05, 4.69) is 15.3 Å². The second-order valence-corrected chi connectivity index (χ2v) is 6.41. The Balaban J connectivity index is 1.56. The van der Waals surface area contributed by atoms with Crippen LogP contribution in [-0.4, -0.2) is 35.7 Å². The summed E-state index contributed by atoms with van der Waals surface area (Å²) in [5.74, 6) is -0.698. The number of ether oxygens (including phenoxy) is 2. The number of nitrogens with zero attached hydrogens (tertiary/aromatic N) is 1. The van der Waals surface area contributed by atoms with E-state index in [9.17, 15) is 13.6 Å². The molecule has 3 aromatic rings. The summed E-state index contributed by atoms with van der Waals surface area (Å²) in [4.78, 5) is 18.8. The zero-order valence-electron chi connectivity index (χ0n) is 16.1. The van der Waals surface area contributed by atoms with Crippen molar-refractivity contribution in [2.75, 3.05) is 19.8 Å². The van der Waals surface area contributed by atoms with Gasteiger partial charge in [-0.05, 0) is 36.2 Å². The van der Waals surface area contributed by atoms with Crippen LogP contribution in [0.4, 0.5) is 8.78 Å². The molecule has 0 aliphatic rings. The molecule has 0 unspecified atom stereocenters. The molecule has 3 rings (SSSR count). The lowest BCUT2D eigenvalue weighted by Gasteiger charge is -2.08. The molecule has 0 saturated heterocycles. The van der Waals surface area contributed by atoms with Crippen LogP contribution < -0.4 is 5.32 Å². The van der Waals surface area contributed by atoms with Crippen molar-refractivity contribution in [2.24, 2.45) is 0 Å². The van der Waals surface area contributed by atoms with Gasteiger partial charge in [0.2, 0.25) is 0 Å². The highest BCUT2D eigenvalue weighted by Crippen LogP contribution is 2.20. The highest BCUT2D eigenvalue weighted by molar-refractivity contribution is 5.97. The van der Waals surface area contributed by atoms with E-state index < -0.39 is 12.2 Å². The number of aromatic nitrogens is 2. The van der Waals surface area contributed by atoms with Crippen molar-refractivity contribution in [1.82, 2.24) is 15.3 Å². The quantitative estimate of drug-likeness (QED) is 0.502. The van der Waals surface area contributed by atoms with E-state index in [1.807, 2.05) is 31.2 Å². The predicted molar refractivity (Wildman–Crippen MR) is 105 cm³/mol. The molecule has 1 heterocycles. The first kappa shape index (κ1) is 20.9. The number of carbonyl (C=O) groups excluding carboxylic acids is 1. The van der Waals surface area contributed by atoms with Crippen molar-refractivity contribution in [1.29, 1.82) is 0 Å². The maximum Gasteiger partial charge on any atom is 0.295 e. The number of nitrogens with one attached hydrogen (secondary N) is 2. The topological polar surface area (TPSA) is 76.2 Å². The maximum absolute atomic E-state index is 12.7. The molecular formula is C21H23F2N3O3. The molecule has 0 aliphatic heterocycles. The van der Waals surface area contributed by atoms with E-state index in [1.165, 1.54) is 6.07 Å². The second-order valence-electron chi connectivity index (χ2n) is 6.41. The first-order valence-corrected chi connectivity index (χ1v) is 9.36.